The lowest BCUT2D eigenvalue weighted by molar-refractivity contribution is -0.120. The fraction of sp³-hybridized carbons (Fsp3) is 0.429. The Balaban J connectivity index is 1.24. The molecular formula is C21H19ClFN3O4S. The van der Waals surface area contributed by atoms with E-state index < -0.39 is 6.29 Å². The normalized spacial score (nSPS) is 29.3. The first-order valence-corrected chi connectivity index (χ1v) is 11.4. The van der Waals surface area contributed by atoms with E-state index in [1.807, 2.05) is 6.07 Å². The molecule has 7 nitrogen and oxygen atoms in total. The van der Waals surface area contributed by atoms with Crippen molar-refractivity contribution >= 4 is 34.5 Å². The van der Waals surface area contributed by atoms with Crippen molar-refractivity contribution in [2.45, 2.75) is 35.1 Å². The second-order valence-corrected chi connectivity index (χ2v) is 9.67. The first-order valence-electron chi connectivity index (χ1n) is 10.1. The Morgan fingerprint density at radius 2 is 2.13 bits per heavy atom. The number of nitrogens with one attached hydrogen (secondary N) is 1. The summed E-state index contributed by atoms with van der Waals surface area (Å²) in [6.07, 6.45) is -0.671. The number of pyridine rings is 1. The number of hydrogen-bond acceptors (Lipinski definition) is 7. The van der Waals surface area contributed by atoms with Gasteiger partial charge in [0.25, 0.3) is 0 Å². The Morgan fingerprint density at radius 1 is 1.23 bits per heavy atom. The van der Waals surface area contributed by atoms with Gasteiger partial charge in [-0.1, -0.05) is 29.4 Å². The molecule has 5 heterocycles. The molecule has 0 amide bonds. The van der Waals surface area contributed by atoms with Gasteiger partial charge in [-0.3, -0.25) is 0 Å². The number of ether oxygens (including phenoxy) is 3. The lowest BCUT2D eigenvalue weighted by Gasteiger charge is -2.12. The standard InChI is InChI=1S/C21H19ClFN3O4S/c22-11-5-14-19(24-13(11)4-9-6-28-15-3-1-2-12(23)17(9)15)26-21(25-14)31-16-8-29-18-10(16)7-30-20(18)27/h1-3,5,9-10,16,18,20,27H,4,6-8H2,(H,24,25,26)/t9?,10-,16-,18+,20-/m1/s1. The molecule has 3 aromatic rings. The molecule has 31 heavy (non-hydrogen) atoms. The van der Waals surface area contributed by atoms with E-state index in [-0.39, 0.29) is 29.0 Å². The quantitative estimate of drug-likeness (QED) is 0.613. The van der Waals surface area contributed by atoms with Gasteiger partial charge in [0.05, 0.1) is 36.1 Å². The van der Waals surface area contributed by atoms with E-state index in [1.165, 1.54) is 6.07 Å². The van der Waals surface area contributed by atoms with Crippen molar-refractivity contribution in [1.29, 1.82) is 0 Å². The van der Waals surface area contributed by atoms with Crippen molar-refractivity contribution in [2.24, 2.45) is 5.92 Å². The molecule has 2 saturated heterocycles. The average molecular weight is 464 g/mol. The lowest BCUT2D eigenvalue weighted by Crippen LogP contribution is -2.25. The summed E-state index contributed by atoms with van der Waals surface area (Å²) in [5.41, 5.74) is 2.55. The number of hydrogen-bond donors (Lipinski definition) is 2. The maximum Gasteiger partial charge on any atom is 0.181 e. The highest BCUT2D eigenvalue weighted by Crippen LogP contribution is 2.41. The summed E-state index contributed by atoms with van der Waals surface area (Å²) < 4.78 is 30.9. The number of aliphatic hydroxyl groups is 1. The lowest BCUT2D eigenvalue weighted by atomic mass is 9.95. The minimum atomic E-state index is -0.858. The third kappa shape index (κ3) is 3.39. The molecule has 2 fully saturated rings. The third-order valence-corrected chi connectivity index (χ3v) is 7.67. The van der Waals surface area contributed by atoms with Crippen LogP contribution in [-0.4, -0.2) is 57.5 Å². The van der Waals surface area contributed by atoms with Crippen molar-refractivity contribution in [3.63, 3.8) is 0 Å². The molecule has 0 aliphatic carbocycles. The minimum absolute atomic E-state index is 0.123. The number of thioether (sulfide) groups is 1. The van der Waals surface area contributed by atoms with Crippen molar-refractivity contribution < 1.29 is 23.7 Å². The van der Waals surface area contributed by atoms with Crippen LogP contribution in [0.5, 0.6) is 5.75 Å². The van der Waals surface area contributed by atoms with Crippen LogP contribution in [-0.2, 0) is 15.9 Å². The summed E-state index contributed by atoms with van der Waals surface area (Å²) in [7, 11) is 0. The number of fused-ring (bicyclic) bond motifs is 3. The van der Waals surface area contributed by atoms with E-state index >= 15 is 0 Å². The first-order chi connectivity index (χ1) is 15.1. The molecule has 2 N–H and O–H groups in total. The van der Waals surface area contributed by atoms with E-state index in [0.717, 1.165) is 5.52 Å². The fourth-order valence-corrected chi connectivity index (χ4v) is 5.95. The van der Waals surface area contributed by atoms with Crippen molar-refractivity contribution in [3.8, 4) is 5.75 Å². The molecule has 162 valence electrons. The summed E-state index contributed by atoms with van der Waals surface area (Å²) in [6, 6.07) is 6.68. The van der Waals surface area contributed by atoms with Crippen LogP contribution >= 0.6 is 23.4 Å². The fourth-order valence-electron chi connectivity index (χ4n) is 4.57. The minimum Gasteiger partial charge on any atom is -0.493 e. The maximum absolute atomic E-state index is 14.3. The van der Waals surface area contributed by atoms with Crippen LogP contribution in [0.4, 0.5) is 4.39 Å². The van der Waals surface area contributed by atoms with Gasteiger partial charge < -0.3 is 24.3 Å². The topological polar surface area (TPSA) is 89.5 Å². The van der Waals surface area contributed by atoms with Crippen LogP contribution in [0.3, 0.4) is 0 Å². The second kappa shape index (κ2) is 7.60. The number of benzene rings is 1. The monoisotopic (exact) mass is 463 g/mol. The van der Waals surface area contributed by atoms with Crippen LogP contribution in [0.25, 0.3) is 11.2 Å². The zero-order chi connectivity index (χ0) is 21.1. The van der Waals surface area contributed by atoms with E-state index in [0.29, 0.717) is 59.1 Å². The summed E-state index contributed by atoms with van der Waals surface area (Å²) in [6.45, 7) is 1.40. The summed E-state index contributed by atoms with van der Waals surface area (Å²) in [4.78, 5) is 12.5. The van der Waals surface area contributed by atoms with Crippen molar-refractivity contribution in [2.75, 3.05) is 19.8 Å². The number of halogens is 2. The van der Waals surface area contributed by atoms with Crippen LogP contribution in [0, 0.1) is 11.7 Å². The van der Waals surface area contributed by atoms with Gasteiger partial charge in [-0.25, -0.2) is 14.4 Å². The molecule has 10 heteroatoms. The van der Waals surface area contributed by atoms with Gasteiger partial charge in [-0.2, -0.15) is 0 Å². The van der Waals surface area contributed by atoms with E-state index in [1.54, 1.807) is 23.9 Å². The molecule has 2 aromatic heterocycles. The molecule has 0 saturated carbocycles. The largest absolute Gasteiger partial charge is 0.493 e. The Hall–Kier alpha value is -1.91. The summed E-state index contributed by atoms with van der Waals surface area (Å²) in [5.74, 6) is 0.290. The Kier molecular flexibility index (Phi) is 4.84. The third-order valence-electron chi connectivity index (χ3n) is 6.13. The molecule has 1 aromatic carbocycles. The van der Waals surface area contributed by atoms with Gasteiger partial charge in [-0.15, -0.1) is 0 Å². The number of H-pyrrole nitrogens is 1. The number of nitrogens with zero attached hydrogens (tertiary/aromatic N) is 2. The molecule has 0 bridgehead atoms. The van der Waals surface area contributed by atoms with Crippen LogP contribution < -0.4 is 4.74 Å². The van der Waals surface area contributed by atoms with E-state index in [2.05, 4.69) is 15.0 Å². The Bertz CT molecular complexity index is 1160. The molecule has 5 atom stereocenters. The highest BCUT2D eigenvalue weighted by Gasteiger charge is 2.47. The van der Waals surface area contributed by atoms with Crippen LogP contribution in [0.2, 0.25) is 5.02 Å². The molecule has 1 unspecified atom stereocenters. The van der Waals surface area contributed by atoms with Crippen molar-refractivity contribution in [3.05, 3.63) is 46.4 Å². The number of imidazole rings is 1. The van der Waals surface area contributed by atoms with Crippen molar-refractivity contribution in [1.82, 2.24) is 15.0 Å². The molecule has 6 rings (SSSR count). The second-order valence-electron chi connectivity index (χ2n) is 8.04. The van der Waals surface area contributed by atoms with Crippen LogP contribution in [0.1, 0.15) is 17.2 Å². The van der Waals surface area contributed by atoms with Gasteiger partial charge in [-0.05, 0) is 18.2 Å². The Labute approximate surface area is 186 Å². The zero-order valence-electron chi connectivity index (χ0n) is 16.3. The summed E-state index contributed by atoms with van der Waals surface area (Å²) >= 11 is 8.06. The maximum atomic E-state index is 14.3. The first kappa shape index (κ1) is 19.8. The highest BCUT2D eigenvalue weighted by molar-refractivity contribution is 7.99. The van der Waals surface area contributed by atoms with Crippen LogP contribution in [0.15, 0.2) is 29.4 Å². The van der Waals surface area contributed by atoms with Gasteiger partial charge >= 0.3 is 0 Å². The average Bonchev–Trinajstić information content (AvgIpc) is 3.50. The molecule has 0 radical (unpaired) electrons. The predicted octanol–water partition coefficient (Wildman–Crippen LogP) is 3.29. The zero-order valence-corrected chi connectivity index (χ0v) is 17.8. The molecule has 3 aliphatic rings. The van der Waals surface area contributed by atoms with Gasteiger partial charge in [0.15, 0.2) is 17.1 Å². The Morgan fingerprint density at radius 3 is 3.03 bits per heavy atom. The molecule has 0 spiro atoms. The SMILES string of the molecule is O[C@@H]1OC[C@H]2[C@@H]1OC[C@H]2Sc1nc2nc(CC3COc4cccc(F)c43)c(Cl)cc2[nH]1. The summed E-state index contributed by atoms with van der Waals surface area (Å²) in [5, 5.41) is 11.2. The molecular weight excluding hydrogens is 445 g/mol. The van der Waals surface area contributed by atoms with E-state index in [4.69, 9.17) is 25.8 Å². The number of rotatable bonds is 4. The van der Waals surface area contributed by atoms with Gasteiger partial charge in [0, 0.05) is 29.1 Å². The molecule has 3 aliphatic heterocycles. The smallest absolute Gasteiger partial charge is 0.181 e. The number of aromatic amines is 1. The van der Waals surface area contributed by atoms with Gasteiger partial charge in [0.1, 0.15) is 17.7 Å². The highest BCUT2D eigenvalue weighted by atomic mass is 35.5. The van der Waals surface area contributed by atoms with E-state index in [9.17, 15) is 9.50 Å². The predicted molar refractivity (Wildman–Crippen MR) is 112 cm³/mol. The number of aliphatic hydroxyl groups excluding tert-OH is 1. The van der Waals surface area contributed by atoms with Gasteiger partial charge in [0.2, 0.25) is 0 Å². The number of aromatic nitrogens is 3.